The van der Waals surface area contributed by atoms with Crippen LogP contribution >= 0.6 is 0 Å². The van der Waals surface area contributed by atoms with Gasteiger partial charge in [0.2, 0.25) is 0 Å². The first-order chi connectivity index (χ1) is 35.5. The number of hydrogen-bond acceptors (Lipinski definition) is 6. The van der Waals surface area contributed by atoms with Gasteiger partial charge in [0.15, 0.2) is 6.10 Å². The van der Waals surface area contributed by atoms with Crippen molar-refractivity contribution in [3.63, 3.8) is 0 Å². The van der Waals surface area contributed by atoms with Gasteiger partial charge in [0, 0.05) is 19.3 Å². The smallest absolute Gasteiger partial charge is 0.306 e. The van der Waals surface area contributed by atoms with Crippen LogP contribution < -0.4 is 0 Å². The normalized spacial score (nSPS) is 12.5. The van der Waals surface area contributed by atoms with E-state index >= 15 is 0 Å². The van der Waals surface area contributed by atoms with Gasteiger partial charge in [-0.2, -0.15) is 0 Å². The molecule has 72 heavy (non-hydrogen) atoms. The van der Waals surface area contributed by atoms with Gasteiger partial charge in [-0.3, -0.25) is 14.4 Å². The number of allylic oxidation sites excluding steroid dienone is 12. The molecule has 0 radical (unpaired) electrons. The number of esters is 3. The van der Waals surface area contributed by atoms with E-state index in [1.807, 2.05) is 0 Å². The molecule has 0 saturated heterocycles. The highest BCUT2D eigenvalue weighted by Gasteiger charge is 2.19. The van der Waals surface area contributed by atoms with E-state index in [4.69, 9.17) is 14.2 Å². The summed E-state index contributed by atoms with van der Waals surface area (Å²) in [4.78, 5) is 38.3. The van der Waals surface area contributed by atoms with Crippen LogP contribution in [0.1, 0.15) is 310 Å². The lowest BCUT2D eigenvalue weighted by Crippen LogP contribution is -2.30. The first kappa shape index (κ1) is 68.8. The Kier molecular flexibility index (Phi) is 57.8. The molecule has 0 aliphatic heterocycles. The minimum atomic E-state index is -0.783. The third kappa shape index (κ3) is 57.7. The lowest BCUT2D eigenvalue weighted by atomic mass is 10.0. The fourth-order valence-electron chi connectivity index (χ4n) is 8.82. The highest BCUT2D eigenvalue weighted by molar-refractivity contribution is 5.71. The molecule has 0 rings (SSSR count). The van der Waals surface area contributed by atoms with Gasteiger partial charge in [-0.05, 0) is 89.9 Å². The molecule has 0 N–H and O–H groups in total. The molecule has 0 aliphatic rings. The number of carbonyl (C=O) groups excluding carboxylic acids is 3. The quantitative estimate of drug-likeness (QED) is 0.0261. The highest BCUT2D eigenvalue weighted by atomic mass is 16.6. The van der Waals surface area contributed by atoms with Gasteiger partial charge >= 0.3 is 17.9 Å². The second kappa shape index (κ2) is 60.4. The van der Waals surface area contributed by atoms with Gasteiger partial charge in [0.05, 0.1) is 0 Å². The average Bonchev–Trinajstić information content (AvgIpc) is 3.38. The van der Waals surface area contributed by atoms with E-state index in [2.05, 4.69) is 93.7 Å². The third-order valence-corrected chi connectivity index (χ3v) is 13.4. The molecule has 0 aromatic carbocycles. The molecule has 0 heterocycles. The van der Waals surface area contributed by atoms with Crippen LogP contribution in [0.2, 0.25) is 0 Å². The SMILES string of the molecule is CC/C=C\C/C=C\C/C=C\C/C=C\CCCCCCCCCCCCC(=O)OCC(COC(=O)CCCCCCCCCCCCCCCCC)OC(=O)CCCCCCC/C=C\C/C=C\CCCCCC. The fourth-order valence-corrected chi connectivity index (χ4v) is 8.82. The second-order valence-electron chi connectivity index (χ2n) is 20.6. The van der Waals surface area contributed by atoms with Crippen LogP contribution in [0, 0.1) is 0 Å². The molecule has 0 aliphatic carbocycles. The van der Waals surface area contributed by atoms with Crippen molar-refractivity contribution in [1.29, 1.82) is 0 Å². The summed E-state index contributed by atoms with van der Waals surface area (Å²) in [7, 11) is 0. The number of ether oxygens (including phenoxy) is 3. The lowest BCUT2D eigenvalue weighted by molar-refractivity contribution is -0.167. The summed E-state index contributed by atoms with van der Waals surface area (Å²) < 4.78 is 16.9. The minimum absolute atomic E-state index is 0.0792. The Bertz CT molecular complexity index is 1340. The van der Waals surface area contributed by atoms with Crippen LogP contribution in [-0.2, 0) is 28.6 Å². The molecule has 0 amide bonds. The van der Waals surface area contributed by atoms with E-state index in [0.29, 0.717) is 19.3 Å². The molecular formula is C66H116O6. The van der Waals surface area contributed by atoms with Gasteiger partial charge in [-0.15, -0.1) is 0 Å². The van der Waals surface area contributed by atoms with E-state index in [-0.39, 0.29) is 31.1 Å². The molecule has 0 spiro atoms. The molecule has 6 nitrogen and oxygen atoms in total. The predicted molar refractivity (Wildman–Crippen MR) is 311 cm³/mol. The number of carbonyl (C=O) groups is 3. The van der Waals surface area contributed by atoms with Crippen LogP contribution in [0.15, 0.2) is 72.9 Å². The first-order valence-electron chi connectivity index (χ1n) is 30.9. The zero-order valence-corrected chi connectivity index (χ0v) is 47.7. The van der Waals surface area contributed by atoms with Crippen LogP contribution in [-0.4, -0.2) is 37.2 Å². The number of unbranched alkanes of at least 4 members (excludes halogenated alkanes) is 33. The average molecular weight is 1010 g/mol. The largest absolute Gasteiger partial charge is 0.462 e. The highest BCUT2D eigenvalue weighted by Crippen LogP contribution is 2.16. The summed E-state index contributed by atoms with van der Waals surface area (Å²) in [6.07, 6.45) is 77.5. The van der Waals surface area contributed by atoms with Crippen LogP contribution in [0.25, 0.3) is 0 Å². The van der Waals surface area contributed by atoms with Crippen molar-refractivity contribution in [1.82, 2.24) is 0 Å². The van der Waals surface area contributed by atoms with Crippen molar-refractivity contribution >= 4 is 17.9 Å². The van der Waals surface area contributed by atoms with E-state index < -0.39 is 6.10 Å². The van der Waals surface area contributed by atoms with Crippen molar-refractivity contribution in [2.45, 2.75) is 316 Å². The third-order valence-electron chi connectivity index (χ3n) is 13.4. The maximum Gasteiger partial charge on any atom is 0.306 e. The summed E-state index contributed by atoms with van der Waals surface area (Å²) in [6, 6.07) is 0. The minimum Gasteiger partial charge on any atom is -0.462 e. The fraction of sp³-hybridized carbons (Fsp3) is 0.773. The van der Waals surface area contributed by atoms with Crippen LogP contribution in [0.3, 0.4) is 0 Å². The van der Waals surface area contributed by atoms with Crippen LogP contribution in [0.4, 0.5) is 0 Å². The molecule has 6 heteroatoms. The summed E-state index contributed by atoms with van der Waals surface area (Å²) in [5, 5.41) is 0. The Morgan fingerprint density at radius 3 is 0.861 bits per heavy atom. The number of hydrogen-bond donors (Lipinski definition) is 0. The van der Waals surface area contributed by atoms with Crippen molar-refractivity contribution in [3.05, 3.63) is 72.9 Å². The summed E-state index contributed by atoms with van der Waals surface area (Å²) in [6.45, 7) is 6.53. The van der Waals surface area contributed by atoms with Crippen molar-refractivity contribution in [2.75, 3.05) is 13.2 Å². The molecule has 1 unspecified atom stereocenters. The molecule has 0 bridgehead atoms. The van der Waals surface area contributed by atoms with Crippen molar-refractivity contribution in [2.24, 2.45) is 0 Å². The standard InChI is InChI=1S/C66H116O6/c1-4-7-10-13-16-19-22-25-28-30-31-32-33-34-35-36-39-41-44-47-50-53-56-59-65(68)71-62-63(61-70-64(67)58-55-52-49-46-43-40-37-27-24-21-18-15-12-9-6-3)72-66(69)60-57-54-51-48-45-42-38-29-26-23-20-17-14-11-8-5-2/h7,10,16,19-20,23,25,28-29,31-32,38,63H,4-6,8-9,11-15,17-18,21-22,24,26-27,30,33-37,39-62H2,1-3H3/b10-7-,19-16-,23-20-,28-25-,32-31-,38-29-. The molecule has 1 atom stereocenters. The molecule has 0 saturated carbocycles. The van der Waals surface area contributed by atoms with Gasteiger partial charge in [-0.25, -0.2) is 0 Å². The zero-order valence-electron chi connectivity index (χ0n) is 47.7. The van der Waals surface area contributed by atoms with Gasteiger partial charge in [-0.1, -0.05) is 273 Å². The first-order valence-corrected chi connectivity index (χ1v) is 30.9. The number of rotatable bonds is 56. The topological polar surface area (TPSA) is 78.9 Å². The molecular weight excluding hydrogens is 889 g/mol. The second-order valence-corrected chi connectivity index (χ2v) is 20.6. The van der Waals surface area contributed by atoms with Crippen molar-refractivity contribution < 1.29 is 28.6 Å². The van der Waals surface area contributed by atoms with Gasteiger partial charge in [0.25, 0.3) is 0 Å². The van der Waals surface area contributed by atoms with Crippen LogP contribution in [0.5, 0.6) is 0 Å². The molecule has 0 aromatic heterocycles. The lowest BCUT2D eigenvalue weighted by Gasteiger charge is -2.18. The zero-order chi connectivity index (χ0) is 52.2. The Labute approximate surface area is 446 Å². The Balaban J connectivity index is 4.35. The monoisotopic (exact) mass is 1000 g/mol. The maximum absolute atomic E-state index is 12.9. The van der Waals surface area contributed by atoms with E-state index in [1.165, 1.54) is 161 Å². The maximum atomic E-state index is 12.9. The molecule has 416 valence electrons. The summed E-state index contributed by atoms with van der Waals surface area (Å²) in [5.41, 5.74) is 0. The Morgan fingerprint density at radius 1 is 0.292 bits per heavy atom. The van der Waals surface area contributed by atoms with E-state index in [0.717, 1.165) is 109 Å². The Morgan fingerprint density at radius 2 is 0.542 bits per heavy atom. The summed E-state index contributed by atoms with van der Waals surface area (Å²) >= 11 is 0. The van der Waals surface area contributed by atoms with E-state index in [9.17, 15) is 14.4 Å². The summed E-state index contributed by atoms with van der Waals surface area (Å²) in [5.74, 6) is -0.883. The molecule has 0 fully saturated rings. The predicted octanol–water partition coefficient (Wildman–Crippen LogP) is 20.9. The van der Waals surface area contributed by atoms with Gasteiger partial charge < -0.3 is 14.2 Å². The van der Waals surface area contributed by atoms with Crippen molar-refractivity contribution in [3.8, 4) is 0 Å². The van der Waals surface area contributed by atoms with E-state index in [1.54, 1.807) is 0 Å². The Hall–Kier alpha value is -3.15. The van der Waals surface area contributed by atoms with Gasteiger partial charge in [0.1, 0.15) is 13.2 Å². The molecule has 0 aromatic rings.